The third-order valence-corrected chi connectivity index (χ3v) is 3.04. The van der Waals surface area contributed by atoms with Gasteiger partial charge in [-0.2, -0.15) is 0 Å². The van der Waals surface area contributed by atoms with Crippen molar-refractivity contribution >= 4 is 28.1 Å². The number of carbonyl (C=O) groups excluding carboxylic acids is 1. The first-order chi connectivity index (χ1) is 8.60. The number of aromatic nitrogens is 2. The predicted octanol–water partition coefficient (Wildman–Crippen LogP) is 1.69. The van der Waals surface area contributed by atoms with Gasteiger partial charge in [-0.3, -0.25) is 4.79 Å². The molecule has 2 aromatic rings. The monoisotopic (exact) mass is 264 g/mol. The van der Waals surface area contributed by atoms with Crippen LogP contribution in [0.1, 0.15) is 15.4 Å². The third-order valence-electron chi connectivity index (χ3n) is 2.29. The van der Waals surface area contributed by atoms with Crippen molar-refractivity contribution in [1.29, 1.82) is 0 Å². The standard InChI is InChI=1S/C11H12N4O2S/c1-6-5-7(3-4-8(6)17-2)13-9(16)10-14-15-11(12)18-10/h3-5H,1-2H3,(H2,12,15)(H,13,16). The number of aryl methyl sites for hydroxylation is 1. The lowest BCUT2D eigenvalue weighted by atomic mass is 10.2. The Hall–Kier alpha value is -2.15. The summed E-state index contributed by atoms with van der Waals surface area (Å²) in [5.74, 6) is 0.446. The molecule has 2 rings (SSSR count). The SMILES string of the molecule is COc1ccc(NC(=O)c2nnc(N)s2)cc1C. The van der Waals surface area contributed by atoms with Crippen molar-refractivity contribution in [2.75, 3.05) is 18.2 Å². The van der Waals surface area contributed by atoms with Crippen LogP contribution in [0.25, 0.3) is 0 Å². The van der Waals surface area contributed by atoms with Crippen LogP contribution in [0.2, 0.25) is 0 Å². The fourth-order valence-electron chi connectivity index (χ4n) is 1.47. The Morgan fingerprint density at radius 3 is 2.78 bits per heavy atom. The van der Waals surface area contributed by atoms with Gasteiger partial charge >= 0.3 is 0 Å². The van der Waals surface area contributed by atoms with Crippen LogP contribution in [-0.2, 0) is 0 Å². The van der Waals surface area contributed by atoms with Crippen molar-refractivity contribution in [2.45, 2.75) is 6.92 Å². The lowest BCUT2D eigenvalue weighted by molar-refractivity contribution is 0.102. The zero-order chi connectivity index (χ0) is 13.1. The normalized spacial score (nSPS) is 10.1. The molecule has 3 N–H and O–H groups in total. The van der Waals surface area contributed by atoms with Crippen LogP contribution in [0.3, 0.4) is 0 Å². The fourth-order valence-corrected chi connectivity index (χ4v) is 1.97. The number of nitrogens with one attached hydrogen (secondary N) is 1. The topological polar surface area (TPSA) is 90.1 Å². The largest absolute Gasteiger partial charge is 0.496 e. The number of hydrogen-bond donors (Lipinski definition) is 2. The van der Waals surface area contributed by atoms with Gasteiger partial charge < -0.3 is 15.8 Å². The second-order valence-electron chi connectivity index (χ2n) is 3.58. The van der Waals surface area contributed by atoms with Gasteiger partial charge in [0.05, 0.1) is 7.11 Å². The number of hydrogen-bond acceptors (Lipinski definition) is 6. The number of carbonyl (C=O) groups is 1. The summed E-state index contributed by atoms with van der Waals surface area (Å²) >= 11 is 1.05. The van der Waals surface area contributed by atoms with Crippen molar-refractivity contribution in [3.05, 3.63) is 28.8 Å². The maximum atomic E-state index is 11.8. The van der Waals surface area contributed by atoms with Crippen molar-refractivity contribution in [2.24, 2.45) is 0 Å². The van der Waals surface area contributed by atoms with E-state index in [1.165, 1.54) is 0 Å². The summed E-state index contributed by atoms with van der Waals surface area (Å²) in [6, 6.07) is 5.37. The van der Waals surface area contributed by atoms with Gasteiger partial charge in [-0.1, -0.05) is 11.3 Å². The van der Waals surface area contributed by atoms with Gasteiger partial charge in [0.15, 0.2) is 0 Å². The minimum atomic E-state index is -0.325. The smallest absolute Gasteiger partial charge is 0.286 e. The van der Waals surface area contributed by atoms with Gasteiger partial charge in [-0.15, -0.1) is 10.2 Å². The summed E-state index contributed by atoms with van der Waals surface area (Å²) in [7, 11) is 1.60. The zero-order valence-corrected chi connectivity index (χ0v) is 10.7. The predicted molar refractivity (Wildman–Crippen MR) is 70.0 cm³/mol. The molecule has 1 aromatic carbocycles. The number of nitrogen functional groups attached to an aromatic ring is 1. The van der Waals surface area contributed by atoms with Crippen LogP contribution in [0.15, 0.2) is 18.2 Å². The van der Waals surface area contributed by atoms with Gasteiger partial charge in [-0.25, -0.2) is 0 Å². The fraction of sp³-hybridized carbons (Fsp3) is 0.182. The summed E-state index contributed by atoms with van der Waals surface area (Å²) in [5, 5.41) is 10.5. The average Bonchev–Trinajstić information content (AvgIpc) is 2.76. The number of ether oxygens (including phenoxy) is 1. The summed E-state index contributed by atoms with van der Waals surface area (Å²) < 4.78 is 5.14. The number of methoxy groups -OCH3 is 1. The highest BCUT2D eigenvalue weighted by molar-refractivity contribution is 7.16. The first kappa shape index (κ1) is 12.3. The number of nitrogens with two attached hydrogens (primary N) is 1. The molecule has 0 fully saturated rings. The second-order valence-corrected chi connectivity index (χ2v) is 4.59. The van der Waals surface area contributed by atoms with E-state index in [0.717, 1.165) is 22.6 Å². The van der Waals surface area contributed by atoms with Gasteiger partial charge in [0, 0.05) is 5.69 Å². The highest BCUT2D eigenvalue weighted by Crippen LogP contribution is 2.22. The van der Waals surface area contributed by atoms with Crippen LogP contribution < -0.4 is 15.8 Å². The van der Waals surface area contributed by atoms with E-state index in [1.54, 1.807) is 19.2 Å². The molecule has 0 radical (unpaired) electrons. The molecule has 0 spiro atoms. The first-order valence-electron chi connectivity index (χ1n) is 5.15. The summed E-state index contributed by atoms with van der Waals surface area (Å²) in [4.78, 5) is 11.8. The Bertz CT molecular complexity index is 582. The molecule has 1 aromatic heterocycles. The molecule has 0 bridgehead atoms. The molecule has 0 unspecified atom stereocenters. The zero-order valence-electron chi connectivity index (χ0n) is 9.93. The van der Waals surface area contributed by atoms with Crippen LogP contribution in [0, 0.1) is 6.92 Å². The molecule has 0 saturated carbocycles. The number of anilines is 2. The summed E-state index contributed by atoms with van der Waals surface area (Å²) in [6.45, 7) is 1.90. The van der Waals surface area contributed by atoms with Crippen molar-refractivity contribution < 1.29 is 9.53 Å². The second kappa shape index (κ2) is 5.01. The van der Waals surface area contributed by atoms with Gasteiger partial charge in [-0.05, 0) is 30.7 Å². The van der Waals surface area contributed by atoms with Crippen molar-refractivity contribution in [3.8, 4) is 5.75 Å². The molecule has 0 atom stereocenters. The van der Waals surface area contributed by atoms with Gasteiger partial charge in [0.1, 0.15) is 5.75 Å². The number of amides is 1. The first-order valence-corrected chi connectivity index (χ1v) is 5.97. The third kappa shape index (κ3) is 2.57. The van der Waals surface area contributed by atoms with Crippen LogP contribution in [-0.4, -0.2) is 23.2 Å². The van der Waals surface area contributed by atoms with Crippen LogP contribution >= 0.6 is 11.3 Å². The molecule has 18 heavy (non-hydrogen) atoms. The van der Waals surface area contributed by atoms with E-state index in [0.29, 0.717) is 5.69 Å². The van der Waals surface area contributed by atoms with Crippen LogP contribution in [0.4, 0.5) is 10.8 Å². The van der Waals surface area contributed by atoms with E-state index in [4.69, 9.17) is 10.5 Å². The van der Waals surface area contributed by atoms with E-state index in [1.807, 2.05) is 13.0 Å². The Labute approximate surface area is 108 Å². The number of rotatable bonds is 3. The lowest BCUT2D eigenvalue weighted by Gasteiger charge is -2.07. The van der Waals surface area contributed by atoms with Gasteiger partial charge in [0.2, 0.25) is 10.1 Å². The summed E-state index contributed by atoms with van der Waals surface area (Å²) in [6.07, 6.45) is 0. The Balaban J connectivity index is 2.14. The van der Waals surface area contributed by atoms with Crippen molar-refractivity contribution in [3.63, 3.8) is 0 Å². The minimum absolute atomic E-state index is 0.237. The Kier molecular flexibility index (Phi) is 3.42. The average molecular weight is 264 g/mol. The maximum Gasteiger partial charge on any atom is 0.286 e. The molecule has 94 valence electrons. The molecule has 0 saturated heterocycles. The molecule has 1 amide bonds. The molecular formula is C11H12N4O2S. The summed E-state index contributed by atoms with van der Waals surface area (Å²) in [5.41, 5.74) is 7.03. The van der Waals surface area contributed by atoms with E-state index in [2.05, 4.69) is 15.5 Å². The molecule has 7 heteroatoms. The van der Waals surface area contributed by atoms with Crippen molar-refractivity contribution in [1.82, 2.24) is 10.2 Å². The van der Waals surface area contributed by atoms with E-state index in [9.17, 15) is 4.79 Å². The molecular weight excluding hydrogens is 252 g/mol. The molecule has 0 aliphatic heterocycles. The number of nitrogens with zero attached hydrogens (tertiary/aromatic N) is 2. The number of benzene rings is 1. The Morgan fingerprint density at radius 2 is 2.22 bits per heavy atom. The van der Waals surface area contributed by atoms with Gasteiger partial charge in [0.25, 0.3) is 5.91 Å². The van der Waals surface area contributed by atoms with E-state index in [-0.39, 0.29) is 16.0 Å². The Morgan fingerprint density at radius 1 is 1.44 bits per heavy atom. The quantitative estimate of drug-likeness (QED) is 0.880. The van der Waals surface area contributed by atoms with E-state index >= 15 is 0 Å². The maximum absolute atomic E-state index is 11.8. The molecule has 6 nitrogen and oxygen atoms in total. The van der Waals surface area contributed by atoms with Crippen LogP contribution in [0.5, 0.6) is 5.75 Å². The van der Waals surface area contributed by atoms with E-state index < -0.39 is 0 Å². The molecule has 0 aliphatic carbocycles. The lowest BCUT2D eigenvalue weighted by Crippen LogP contribution is -2.11. The highest BCUT2D eigenvalue weighted by Gasteiger charge is 2.12. The minimum Gasteiger partial charge on any atom is -0.496 e. The molecule has 1 heterocycles. The molecule has 0 aliphatic rings. The highest BCUT2D eigenvalue weighted by atomic mass is 32.1.